The molecule has 0 atom stereocenters. The van der Waals surface area contributed by atoms with E-state index in [0.29, 0.717) is 13.1 Å². The molecule has 2 heterocycles. The largest absolute Gasteiger partial charge is 0.341 e. The summed E-state index contributed by atoms with van der Waals surface area (Å²) in [5.41, 5.74) is 6.75. The number of carbonyl (C=O) groups excluding carboxylic acids is 1. The highest BCUT2D eigenvalue weighted by molar-refractivity contribution is 5.85. The molecule has 1 aromatic carbocycles. The molecule has 0 radical (unpaired) electrons. The highest BCUT2D eigenvalue weighted by Gasteiger charge is 2.31. The van der Waals surface area contributed by atoms with Gasteiger partial charge in [-0.25, -0.2) is 4.79 Å². The predicted molar refractivity (Wildman–Crippen MR) is 92.9 cm³/mol. The summed E-state index contributed by atoms with van der Waals surface area (Å²) >= 11 is 0. The van der Waals surface area contributed by atoms with Gasteiger partial charge in [0.1, 0.15) is 0 Å². The number of H-pyrrole nitrogens is 1. The lowest BCUT2D eigenvalue weighted by atomic mass is 10.00. The summed E-state index contributed by atoms with van der Waals surface area (Å²) in [5.74, 6) is -0.0303. The molecule has 0 unspecified atom stereocenters. The van der Waals surface area contributed by atoms with Gasteiger partial charge in [-0.15, -0.1) is 12.4 Å². The number of rotatable bonds is 2. The molecule has 0 aliphatic carbocycles. The van der Waals surface area contributed by atoms with Gasteiger partial charge in [0.2, 0.25) is 5.91 Å². The smallest absolute Gasteiger partial charge is 0.326 e. The van der Waals surface area contributed by atoms with Crippen molar-refractivity contribution in [3.63, 3.8) is 0 Å². The van der Waals surface area contributed by atoms with Crippen molar-refractivity contribution < 1.29 is 4.79 Å². The van der Waals surface area contributed by atoms with Crippen molar-refractivity contribution in [2.75, 3.05) is 13.1 Å². The number of carbonyl (C=O) groups is 1. The average molecular weight is 339 g/mol. The van der Waals surface area contributed by atoms with Crippen LogP contribution in [0.5, 0.6) is 0 Å². The van der Waals surface area contributed by atoms with Gasteiger partial charge < -0.3 is 15.6 Å². The molecule has 1 saturated heterocycles. The number of nitrogens with one attached hydrogen (secondary N) is 1. The first-order valence-electron chi connectivity index (χ1n) is 7.65. The summed E-state index contributed by atoms with van der Waals surface area (Å²) in [5, 5.41) is 0. The Kier molecular flexibility index (Phi) is 4.87. The van der Waals surface area contributed by atoms with E-state index >= 15 is 0 Å². The predicted octanol–water partition coefficient (Wildman–Crippen LogP) is 1.65. The van der Waals surface area contributed by atoms with E-state index in [4.69, 9.17) is 5.73 Å². The van der Waals surface area contributed by atoms with E-state index in [1.165, 1.54) is 0 Å². The Balaban J connectivity index is 0.00000192. The topological polar surface area (TPSA) is 84.1 Å². The minimum atomic E-state index is -0.843. The second-order valence-corrected chi connectivity index (χ2v) is 6.56. The summed E-state index contributed by atoms with van der Waals surface area (Å²) < 4.78 is 1.82. The van der Waals surface area contributed by atoms with E-state index in [9.17, 15) is 9.59 Å². The van der Waals surface area contributed by atoms with Gasteiger partial charge in [-0.3, -0.25) is 9.36 Å². The Morgan fingerprint density at radius 2 is 1.87 bits per heavy atom. The molecular formula is C16H23ClN4O2. The zero-order valence-corrected chi connectivity index (χ0v) is 14.2. The Morgan fingerprint density at radius 3 is 2.48 bits per heavy atom. The highest BCUT2D eigenvalue weighted by Crippen LogP contribution is 2.25. The van der Waals surface area contributed by atoms with Crippen LogP contribution in [-0.4, -0.2) is 39.0 Å². The minimum Gasteiger partial charge on any atom is -0.341 e. The molecule has 6 nitrogen and oxygen atoms in total. The van der Waals surface area contributed by atoms with Crippen molar-refractivity contribution >= 4 is 29.3 Å². The van der Waals surface area contributed by atoms with Crippen molar-refractivity contribution in [1.82, 2.24) is 14.5 Å². The molecule has 0 saturated carbocycles. The fraction of sp³-hybridized carbons (Fsp3) is 0.500. The van der Waals surface area contributed by atoms with Gasteiger partial charge in [-0.2, -0.15) is 0 Å². The number of nitrogens with zero attached hydrogens (tertiary/aromatic N) is 2. The Labute approximate surface area is 141 Å². The van der Waals surface area contributed by atoms with Gasteiger partial charge in [-0.1, -0.05) is 12.1 Å². The molecule has 0 spiro atoms. The number of imidazole rings is 1. The summed E-state index contributed by atoms with van der Waals surface area (Å²) in [6.45, 7) is 4.73. The molecule has 3 N–H and O–H groups in total. The van der Waals surface area contributed by atoms with Crippen LogP contribution >= 0.6 is 12.4 Å². The fourth-order valence-corrected chi connectivity index (χ4v) is 3.17. The summed E-state index contributed by atoms with van der Waals surface area (Å²) in [6, 6.07) is 7.82. The van der Waals surface area contributed by atoms with E-state index in [1.807, 2.05) is 28.8 Å². The minimum absolute atomic E-state index is 0. The number of nitrogens with two attached hydrogens (primary N) is 1. The first kappa shape index (κ1) is 17.6. The molecule has 7 heteroatoms. The number of piperidine rings is 1. The molecule has 0 bridgehead atoms. The van der Waals surface area contributed by atoms with E-state index in [-0.39, 0.29) is 30.0 Å². The van der Waals surface area contributed by atoms with Crippen molar-refractivity contribution in [2.45, 2.75) is 38.3 Å². The SMILES string of the molecule is CC(C)(N)C(=O)N1CCC(n2c(=O)[nH]c3ccccc32)CC1.Cl. The third-order valence-electron chi connectivity index (χ3n) is 4.29. The Bertz CT molecular complexity index is 751. The van der Waals surface area contributed by atoms with Crippen LogP contribution in [0.2, 0.25) is 0 Å². The number of benzene rings is 1. The maximum atomic E-state index is 12.2. The standard InChI is InChI=1S/C16H22N4O2.ClH/c1-16(2,17)14(21)19-9-7-11(8-10-19)20-13-6-4-3-5-12(13)18-15(20)22;/h3-6,11H,7-10,17H2,1-2H3,(H,18,22);1H. The fourth-order valence-electron chi connectivity index (χ4n) is 3.17. The number of likely N-dealkylation sites (tertiary alicyclic amines) is 1. The number of fused-ring (bicyclic) bond motifs is 1. The zero-order chi connectivity index (χ0) is 15.9. The highest BCUT2D eigenvalue weighted by atomic mass is 35.5. The number of hydrogen-bond donors (Lipinski definition) is 2. The van der Waals surface area contributed by atoms with Crippen LogP contribution in [0, 0.1) is 0 Å². The Morgan fingerprint density at radius 1 is 1.26 bits per heavy atom. The van der Waals surface area contributed by atoms with Gasteiger partial charge in [0, 0.05) is 19.1 Å². The molecule has 126 valence electrons. The number of amides is 1. The van der Waals surface area contributed by atoms with Crippen LogP contribution in [0.3, 0.4) is 0 Å². The van der Waals surface area contributed by atoms with Gasteiger partial charge in [-0.05, 0) is 38.8 Å². The zero-order valence-electron chi connectivity index (χ0n) is 13.4. The number of para-hydroxylation sites is 2. The molecule has 2 aromatic rings. The molecule has 1 fully saturated rings. The van der Waals surface area contributed by atoms with E-state index in [2.05, 4.69) is 4.98 Å². The van der Waals surface area contributed by atoms with E-state index in [0.717, 1.165) is 23.9 Å². The maximum Gasteiger partial charge on any atom is 0.326 e. The van der Waals surface area contributed by atoms with Crippen molar-refractivity contribution in [2.24, 2.45) is 5.73 Å². The lowest BCUT2D eigenvalue weighted by Crippen LogP contribution is -2.53. The number of hydrogen-bond acceptors (Lipinski definition) is 3. The van der Waals surface area contributed by atoms with Gasteiger partial charge in [0.25, 0.3) is 0 Å². The van der Waals surface area contributed by atoms with Crippen LogP contribution in [0.4, 0.5) is 0 Å². The maximum absolute atomic E-state index is 12.2. The number of aromatic amines is 1. The molecular weight excluding hydrogens is 316 g/mol. The molecule has 1 aliphatic rings. The van der Waals surface area contributed by atoms with E-state index < -0.39 is 5.54 Å². The molecule has 1 aromatic heterocycles. The summed E-state index contributed by atoms with van der Waals surface area (Å²) in [4.78, 5) is 29.1. The third kappa shape index (κ3) is 3.28. The molecule has 1 aliphatic heterocycles. The molecule has 23 heavy (non-hydrogen) atoms. The van der Waals surface area contributed by atoms with E-state index in [1.54, 1.807) is 18.7 Å². The molecule has 3 rings (SSSR count). The van der Waals surface area contributed by atoms with Crippen LogP contribution in [-0.2, 0) is 4.79 Å². The van der Waals surface area contributed by atoms with Crippen LogP contribution < -0.4 is 11.4 Å². The van der Waals surface area contributed by atoms with Gasteiger partial charge in [0.15, 0.2) is 0 Å². The number of halogens is 1. The quantitative estimate of drug-likeness (QED) is 0.873. The van der Waals surface area contributed by atoms with Crippen molar-refractivity contribution in [3.05, 3.63) is 34.7 Å². The second-order valence-electron chi connectivity index (χ2n) is 6.56. The van der Waals surface area contributed by atoms with Crippen LogP contribution in [0.15, 0.2) is 29.1 Å². The first-order chi connectivity index (χ1) is 10.4. The number of aromatic nitrogens is 2. The van der Waals surface area contributed by atoms with Crippen molar-refractivity contribution in [1.29, 1.82) is 0 Å². The second kappa shape index (κ2) is 6.37. The Hall–Kier alpha value is -1.79. The van der Waals surface area contributed by atoms with Gasteiger partial charge in [0.05, 0.1) is 16.6 Å². The lowest BCUT2D eigenvalue weighted by molar-refractivity contribution is -0.137. The first-order valence-corrected chi connectivity index (χ1v) is 7.65. The van der Waals surface area contributed by atoms with Crippen LogP contribution in [0.25, 0.3) is 11.0 Å². The molecule has 1 amide bonds. The summed E-state index contributed by atoms with van der Waals surface area (Å²) in [6.07, 6.45) is 1.53. The lowest BCUT2D eigenvalue weighted by Gasteiger charge is -2.35. The van der Waals surface area contributed by atoms with Gasteiger partial charge >= 0.3 is 5.69 Å². The third-order valence-corrected chi connectivity index (χ3v) is 4.29. The average Bonchev–Trinajstić information content (AvgIpc) is 2.81. The monoisotopic (exact) mass is 338 g/mol. The van der Waals surface area contributed by atoms with Crippen molar-refractivity contribution in [3.8, 4) is 0 Å². The normalized spacial score (nSPS) is 16.4. The summed E-state index contributed by atoms with van der Waals surface area (Å²) in [7, 11) is 0. The van der Waals surface area contributed by atoms with Crippen LogP contribution in [0.1, 0.15) is 32.7 Å².